The summed E-state index contributed by atoms with van der Waals surface area (Å²) in [6, 6.07) is 5.91. The highest BCUT2D eigenvalue weighted by Crippen LogP contribution is 2.28. The van der Waals surface area contributed by atoms with Gasteiger partial charge in [0.15, 0.2) is 11.5 Å². The molecule has 27 heavy (non-hydrogen) atoms. The van der Waals surface area contributed by atoms with Crippen molar-refractivity contribution < 1.29 is 24.1 Å². The molecule has 0 radical (unpaired) electrons. The van der Waals surface area contributed by atoms with Crippen molar-refractivity contribution >= 4 is 0 Å². The second-order valence-electron chi connectivity index (χ2n) is 7.27. The van der Waals surface area contributed by atoms with Crippen molar-refractivity contribution in [2.45, 2.75) is 50.9 Å². The van der Waals surface area contributed by atoms with Crippen LogP contribution < -0.4 is 9.47 Å². The van der Waals surface area contributed by atoms with Gasteiger partial charge in [-0.05, 0) is 37.6 Å². The molecule has 0 unspecified atom stereocenters. The quantitative estimate of drug-likeness (QED) is 0.562. The zero-order chi connectivity index (χ0) is 19.5. The van der Waals surface area contributed by atoms with Gasteiger partial charge in [0.2, 0.25) is 0 Å². The summed E-state index contributed by atoms with van der Waals surface area (Å²) in [4.78, 5) is 2.09. The van der Waals surface area contributed by atoms with E-state index in [9.17, 15) is 5.11 Å². The highest BCUT2D eigenvalue weighted by Gasteiger charge is 2.17. The van der Waals surface area contributed by atoms with Gasteiger partial charge in [-0.15, -0.1) is 0 Å². The first-order valence-corrected chi connectivity index (χ1v) is 9.89. The average Bonchev–Trinajstić information content (AvgIpc) is 2.67. The van der Waals surface area contributed by atoms with Crippen LogP contribution in [0.4, 0.5) is 0 Å². The number of nitrogens with zero attached hydrogens (tertiary/aromatic N) is 1. The summed E-state index contributed by atoms with van der Waals surface area (Å²) in [5.74, 6) is 1.42. The number of aliphatic hydroxyl groups is 1. The summed E-state index contributed by atoms with van der Waals surface area (Å²) in [6.45, 7) is 2.69. The minimum atomic E-state index is -0.479. The van der Waals surface area contributed by atoms with Gasteiger partial charge in [0.25, 0.3) is 0 Å². The first-order chi connectivity index (χ1) is 13.1. The van der Waals surface area contributed by atoms with Gasteiger partial charge < -0.3 is 24.1 Å². The fourth-order valence-corrected chi connectivity index (χ4v) is 3.43. The summed E-state index contributed by atoms with van der Waals surface area (Å²) in [5.41, 5.74) is 1.10. The molecule has 2 rings (SSSR count). The van der Waals surface area contributed by atoms with Crippen LogP contribution in [-0.4, -0.2) is 69.8 Å². The largest absolute Gasteiger partial charge is 0.493 e. The lowest BCUT2D eigenvalue weighted by Gasteiger charge is -2.25. The van der Waals surface area contributed by atoms with E-state index in [4.69, 9.17) is 18.9 Å². The van der Waals surface area contributed by atoms with Crippen LogP contribution in [0.1, 0.15) is 37.7 Å². The Morgan fingerprint density at radius 1 is 1.11 bits per heavy atom. The third-order valence-electron chi connectivity index (χ3n) is 4.82. The van der Waals surface area contributed by atoms with E-state index < -0.39 is 6.10 Å². The minimum absolute atomic E-state index is 0.326. The van der Waals surface area contributed by atoms with E-state index in [1.165, 1.54) is 19.3 Å². The zero-order valence-electron chi connectivity index (χ0n) is 17.0. The molecule has 1 atom stereocenters. The Kier molecular flexibility index (Phi) is 9.91. The fourth-order valence-electron chi connectivity index (χ4n) is 3.43. The number of likely N-dealkylation sites (N-methyl/N-ethyl adjacent to an activating group) is 1. The maximum absolute atomic E-state index is 10.3. The number of hydrogen-bond donors (Lipinski definition) is 1. The Morgan fingerprint density at radius 2 is 1.89 bits per heavy atom. The number of benzene rings is 1. The Labute approximate surface area is 163 Å². The molecule has 6 heteroatoms. The maximum Gasteiger partial charge on any atom is 0.161 e. The van der Waals surface area contributed by atoms with Crippen molar-refractivity contribution in [3.63, 3.8) is 0 Å². The minimum Gasteiger partial charge on any atom is -0.493 e. The average molecular weight is 382 g/mol. The van der Waals surface area contributed by atoms with Gasteiger partial charge in [-0.3, -0.25) is 4.90 Å². The molecule has 1 fully saturated rings. The van der Waals surface area contributed by atoms with Crippen LogP contribution in [0.2, 0.25) is 0 Å². The zero-order valence-corrected chi connectivity index (χ0v) is 17.0. The van der Waals surface area contributed by atoms with Crippen molar-refractivity contribution in [3.05, 3.63) is 23.8 Å². The highest BCUT2D eigenvalue weighted by atomic mass is 16.5. The summed E-state index contributed by atoms with van der Waals surface area (Å²) in [5, 5.41) is 10.3. The molecule has 1 N–H and O–H groups in total. The third-order valence-corrected chi connectivity index (χ3v) is 4.82. The molecule has 0 heterocycles. The molecule has 1 aromatic rings. The van der Waals surface area contributed by atoms with E-state index in [-0.39, 0.29) is 0 Å². The van der Waals surface area contributed by atoms with Crippen molar-refractivity contribution in [2.75, 3.05) is 47.6 Å². The maximum atomic E-state index is 10.3. The summed E-state index contributed by atoms with van der Waals surface area (Å²) < 4.78 is 22.0. The molecular weight excluding hydrogens is 346 g/mol. The Morgan fingerprint density at radius 3 is 2.59 bits per heavy atom. The molecule has 0 aliphatic heterocycles. The molecule has 1 saturated carbocycles. The highest BCUT2D eigenvalue weighted by molar-refractivity contribution is 5.43. The van der Waals surface area contributed by atoms with Crippen LogP contribution in [0.15, 0.2) is 18.2 Å². The standard InChI is InChI=1S/C21H35NO5/c1-22(15-18(23)16-27-19-7-5-4-6-8-19)14-17-9-10-20(25-3)21(13-17)26-12-11-24-2/h9-10,13,18-19,23H,4-8,11-12,14-16H2,1-3H3/t18-/m1/s1. The Hall–Kier alpha value is -1.34. The molecule has 1 aliphatic rings. The van der Waals surface area contributed by atoms with Crippen molar-refractivity contribution in [3.8, 4) is 11.5 Å². The topological polar surface area (TPSA) is 60.4 Å². The van der Waals surface area contributed by atoms with E-state index >= 15 is 0 Å². The van der Waals surface area contributed by atoms with Crippen LogP contribution in [-0.2, 0) is 16.0 Å². The van der Waals surface area contributed by atoms with Crippen LogP contribution >= 0.6 is 0 Å². The van der Waals surface area contributed by atoms with Crippen LogP contribution in [0.3, 0.4) is 0 Å². The Balaban J connectivity index is 1.79. The molecule has 0 spiro atoms. The first-order valence-electron chi connectivity index (χ1n) is 9.89. The van der Waals surface area contributed by atoms with Gasteiger partial charge in [0.1, 0.15) is 6.61 Å². The molecule has 6 nitrogen and oxygen atoms in total. The van der Waals surface area contributed by atoms with E-state index in [0.717, 1.165) is 18.4 Å². The molecular formula is C21H35NO5. The lowest BCUT2D eigenvalue weighted by Crippen LogP contribution is -2.33. The molecule has 154 valence electrons. The number of methoxy groups -OCH3 is 2. The summed E-state index contributed by atoms with van der Waals surface area (Å²) in [7, 11) is 5.28. The molecule has 1 aromatic carbocycles. The number of aliphatic hydroxyl groups excluding tert-OH is 1. The lowest BCUT2D eigenvalue weighted by atomic mass is 9.98. The van der Waals surface area contributed by atoms with Crippen LogP contribution in [0.5, 0.6) is 11.5 Å². The van der Waals surface area contributed by atoms with Gasteiger partial charge in [-0.25, -0.2) is 0 Å². The molecule has 0 aromatic heterocycles. The monoisotopic (exact) mass is 381 g/mol. The molecule has 0 saturated heterocycles. The SMILES string of the molecule is COCCOc1cc(CN(C)C[C@@H](O)COC2CCCCC2)ccc1OC. The second kappa shape index (κ2) is 12.2. The van der Waals surface area contributed by atoms with Gasteiger partial charge >= 0.3 is 0 Å². The number of ether oxygens (including phenoxy) is 4. The molecule has 0 bridgehead atoms. The third kappa shape index (κ3) is 8.05. The van der Waals surface area contributed by atoms with Crippen LogP contribution in [0.25, 0.3) is 0 Å². The van der Waals surface area contributed by atoms with Gasteiger partial charge in [-0.2, -0.15) is 0 Å². The van der Waals surface area contributed by atoms with E-state index in [1.807, 2.05) is 25.2 Å². The van der Waals surface area contributed by atoms with Gasteiger partial charge in [-0.1, -0.05) is 25.3 Å². The normalized spacial score (nSPS) is 16.5. The fraction of sp³-hybridized carbons (Fsp3) is 0.714. The lowest BCUT2D eigenvalue weighted by molar-refractivity contribution is -0.0319. The predicted octanol–water partition coefficient (Wildman–Crippen LogP) is 2.86. The summed E-state index contributed by atoms with van der Waals surface area (Å²) >= 11 is 0. The predicted molar refractivity (Wildman–Crippen MR) is 106 cm³/mol. The molecule has 0 amide bonds. The summed E-state index contributed by atoms with van der Waals surface area (Å²) in [6.07, 6.45) is 5.89. The second-order valence-corrected chi connectivity index (χ2v) is 7.27. The van der Waals surface area contributed by atoms with Crippen molar-refractivity contribution in [1.29, 1.82) is 0 Å². The van der Waals surface area contributed by atoms with E-state index in [2.05, 4.69) is 4.90 Å². The van der Waals surface area contributed by atoms with Gasteiger partial charge in [0, 0.05) is 20.2 Å². The number of hydrogen-bond acceptors (Lipinski definition) is 6. The van der Waals surface area contributed by atoms with E-state index in [1.54, 1.807) is 14.2 Å². The molecule has 1 aliphatic carbocycles. The smallest absolute Gasteiger partial charge is 0.161 e. The van der Waals surface area contributed by atoms with Crippen molar-refractivity contribution in [1.82, 2.24) is 4.90 Å². The Bertz CT molecular complexity index is 533. The number of rotatable bonds is 12. The van der Waals surface area contributed by atoms with Crippen molar-refractivity contribution in [2.24, 2.45) is 0 Å². The van der Waals surface area contributed by atoms with Gasteiger partial charge in [0.05, 0.1) is 32.5 Å². The first kappa shape index (κ1) is 22.0. The van der Waals surface area contributed by atoms with E-state index in [0.29, 0.717) is 50.5 Å². The van der Waals surface area contributed by atoms with Crippen LogP contribution in [0, 0.1) is 0 Å².